The molecule has 1 aromatic carbocycles. The van der Waals surface area contributed by atoms with Crippen LogP contribution >= 0.6 is 0 Å². The van der Waals surface area contributed by atoms with Gasteiger partial charge in [-0.05, 0) is 25.0 Å². The molecule has 1 aromatic rings. The molecule has 2 rings (SSSR count). The van der Waals surface area contributed by atoms with Gasteiger partial charge < -0.3 is 9.64 Å². The number of hydrogen-bond acceptors (Lipinski definition) is 5. The first kappa shape index (κ1) is 16.5. The van der Waals surface area contributed by atoms with Gasteiger partial charge in [0.05, 0.1) is 17.9 Å². The van der Waals surface area contributed by atoms with Gasteiger partial charge in [-0.2, -0.15) is 0 Å². The number of benzene rings is 1. The molecule has 1 aliphatic rings. The van der Waals surface area contributed by atoms with Gasteiger partial charge in [0.25, 0.3) is 0 Å². The number of carbonyl (C=O) groups excluding carboxylic acids is 2. The second kappa shape index (κ2) is 6.91. The Bertz CT molecular complexity index is 633. The van der Waals surface area contributed by atoms with Crippen LogP contribution in [0.5, 0.6) is 0 Å². The number of ether oxygens (including phenoxy) is 1. The quantitative estimate of drug-likeness (QED) is 0.767. The summed E-state index contributed by atoms with van der Waals surface area (Å²) in [6.45, 7) is 0.756. The summed E-state index contributed by atoms with van der Waals surface area (Å²) < 4.78 is 29.1. The van der Waals surface area contributed by atoms with Crippen molar-refractivity contribution in [3.63, 3.8) is 0 Å². The van der Waals surface area contributed by atoms with E-state index in [0.717, 1.165) is 0 Å². The molecule has 0 aromatic heterocycles. The van der Waals surface area contributed by atoms with Gasteiger partial charge >= 0.3 is 5.97 Å². The smallest absolute Gasteiger partial charge is 0.308 e. The van der Waals surface area contributed by atoms with Gasteiger partial charge in [-0.25, -0.2) is 8.42 Å². The first-order valence-electron chi connectivity index (χ1n) is 7.07. The molecule has 0 N–H and O–H groups in total. The van der Waals surface area contributed by atoms with Gasteiger partial charge in [0.15, 0.2) is 9.84 Å². The van der Waals surface area contributed by atoms with Gasteiger partial charge in [0.2, 0.25) is 5.91 Å². The van der Waals surface area contributed by atoms with Crippen molar-refractivity contribution in [1.29, 1.82) is 0 Å². The lowest BCUT2D eigenvalue weighted by molar-refractivity contribution is -0.148. The zero-order chi connectivity index (χ0) is 16.2. The number of hydrogen-bond donors (Lipinski definition) is 0. The average Bonchev–Trinajstić information content (AvgIpc) is 2.54. The molecule has 7 heteroatoms. The molecule has 1 heterocycles. The summed E-state index contributed by atoms with van der Waals surface area (Å²) in [5, 5.41) is 0. The van der Waals surface area contributed by atoms with Crippen LogP contribution in [0.3, 0.4) is 0 Å². The molecular weight excluding hydrogens is 306 g/mol. The molecule has 1 fully saturated rings. The monoisotopic (exact) mass is 325 g/mol. The van der Waals surface area contributed by atoms with Crippen LogP contribution in [-0.4, -0.2) is 51.1 Å². The number of nitrogens with zero attached hydrogens (tertiary/aromatic N) is 1. The summed E-state index contributed by atoms with van der Waals surface area (Å²) in [6, 6.07) is 7.93. The van der Waals surface area contributed by atoms with Crippen molar-refractivity contribution in [2.45, 2.75) is 17.7 Å². The third-order valence-electron chi connectivity index (χ3n) is 3.80. The first-order chi connectivity index (χ1) is 10.4. The molecule has 22 heavy (non-hydrogen) atoms. The molecule has 0 radical (unpaired) electrons. The third kappa shape index (κ3) is 3.85. The Morgan fingerprint density at radius 3 is 2.32 bits per heavy atom. The lowest BCUT2D eigenvalue weighted by Gasteiger charge is -2.30. The van der Waals surface area contributed by atoms with Crippen molar-refractivity contribution in [3.05, 3.63) is 30.3 Å². The lowest BCUT2D eigenvalue weighted by atomic mass is 9.97. The molecule has 120 valence electrons. The van der Waals surface area contributed by atoms with Crippen molar-refractivity contribution < 1.29 is 22.7 Å². The number of esters is 1. The predicted molar refractivity (Wildman–Crippen MR) is 79.8 cm³/mol. The molecule has 6 nitrogen and oxygen atoms in total. The minimum Gasteiger partial charge on any atom is -0.469 e. The largest absolute Gasteiger partial charge is 0.469 e. The van der Waals surface area contributed by atoms with Crippen LogP contribution in [0.15, 0.2) is 35.2 Å². The van der Waals surface area contributed by atoms with Crippen molar-refractivity contribution in [2.75, 3.05) is 26.0 Å². The summed E-state index contributed by atoms with van der Waals surface area (Å²) in [6.07, 6.45) is 1.01. The molecule has 1 amide bonds. The Hall–Kier alpha value is -1.89. The normalized spacial score (nSPS) is 16.3. The van der Waals surface area contributed by atoms with E-state index in [9.17, 15) is 18.0 Å². The zero-order valence-electron chi connectivity index (χ0n) is 12.4. The van der Waals surface area contributed by atoms with Crippen LogP contribution in [0.25, 0.3) is 0 Å². The molecule has 0 atom stereocenters. The fourth-order valence-electron chi connectivity index (χ4n) is 2.50. The fraction of sp³-hybridized carbons (Fsp3) is 0.467. The van der Waals surface area contributed by atoms with Gasteiger partial charge in [-0.3, -0.25) is 9.59 Å². The Morgan fingerprint density at radius 2 is 1.77 bits per heavy atom. The van der Waals surface area contributed by atoms with Gasteiger partial charge in [-0.1, -0.05) is 18.2 Å². The number of likely N-dealkylation sites (tertiary alicyclic amines) is 1. The van der Waals surface area contributed by atoms with Gasteiger partial charge in [0, 0.05) is 13.1 Å². The maximum atomic E-state index is 12.2. The SMILES string of the molecule is COC(=O)C1CCN(C(=O)CS(=O)(=O)c2ccccc2)CC1. The fourth-order valence-corrected chi connectivity index (χ4v) is 3.74. The highest BCUT2D eigenvalue weighted by atomic mass is 32.2. The molecule has 1 aliphatic heterocycles. The number of amides is 1. The van der Waals surface area contributed by atoms with E-state index in [1.165, 1.54) is 24.1 Å². The van der Waals surface area contributed by atoms with Crippen molar-refractivity contribution in [1.82, 2.24) is 4.90 Å². The maximum absolute atomic E-state index is 12.2. The van der Waals surface area contributed by atoms with Crippen LogP contribution in [0, 0.1) is 5.92 Å². The minimum atomic E-state index is -3.63. The first-order valence-corrected chi connectivity index (χ1v) is 8.72. The van der Waals surface area contributed by atoms with Crippen LogP contribution in [0.2, 0.25) is 0 Å². The summed E-state index contributed by atoms with van der Waals surface area (Å²) in [5.74, 6) is -1.45. The lowest BCUT2D eigenvalue weighted by Crippen LogP contribution is -2.43. The van der Waals surface area contributed by atoms with Crippen molar-refractivity contribution >= 4 is 21.7 Å². The summed E-state index contributed by atoms with van der Waals surface area (Å²) in [7, 11) is -2.29. The number of rotatable bonds is 4. The Morgan fingerprint density at radius 1 is 1.18 bits per heavy atom. The Kier molecular flexibility index (Phi) is 5.18. The molecule has 0 spiro atoms. The number of methoxy groups -OCH3 is 1. The highest BCUT2D eigenvalue weighted by Gasteiger charge is 2.30. The van der Waals surface area contributed by atoms with Crippen LogP contribution in [0.4, 0.5) is 0 Å². The number of piperidine rings is 1. The molecule has 0 unspecified atom stereocenters. The topological polar surface area (TPSA) is 80.8 Å². The standard InChI is InChI=1S/C15H19NO5S/c1-21-15(18)12-7-9-16(10-8-12)14(17)11-22(19,20)13-5-3-2-4-6-13/h2-6,12H,7-11H2,1H3. The number of carbonyl (C=O) groups is 2. The van der Waals surface area contributed by atoms with E-state index in [4.69, 9.17) is 0 Å². The van der Waals surface area contributed by atoms with Crippen molar-refractivity contribution in [2.24, 2.45) is 5.92 Å². The molecule has 0 aliphatic carbocycles. The summed E-state index contributed by atoms with van der Waals surface area (Å²) in [4.78, 5) is 25.2. The van der Waals surface area contributed by atoms with E-state index >= 15 is 0 Å². The highest BCUT2D eigenvalue weighted by molar-refractivity contribution is 7.92. The Balaban J connectivity index is 1.95. The average molecular weight is 325 g/mol. The van der Waals surface area contributed by atoms with E-state index in [2.05, 4.69) is 4.74 Å². The van der Waals surface area contributed by atoms with Crippen LogP contribution in [-0.2, 0) is 24.2 Å². The van der Waals surface area contributed by atoms with Gasteiger partial charge in [-0.15, -0.1) is 0 Å². The van der Waals surface area contributed by atoms with Crippen LogP contribution in [0.1, 0.15) is 12.8 Å². The van der Waals surface area contributed by atoms with Crippen LogP contribution < -0.4 is 0 Å². The molecule has 0 bridgehead atoms. The van der Waals surface area contributed by atoms with E-state index in [0.29, 0.717) is 25.9 Å². The molecule has 1 saturated heterocycles. The van der Waals surface area contributed by atoms with E-state index < -0.39 is 21.5 Å². The Labute approximate surface area is 130 Å². The summed E-state index contributed by atoms with van der Waals surface area (Å²) in [5.41, 5.74) is 0. The van der Waals surface area contributed by atoms with E-state index in [1.54, 1.807) is 18.2 Å². The second-order valence-corrected chi connectivity index (χ2v) is 7.24. The highest BCUT2D eigenvalue weighted by Crippen LogP contribution is 2.19. The van der Waals surface area contributed by atoms with Crippen molar-refractivity contribution in [3.8, 4) is 0 Å². The van der Waals surface area contributed by atoms with Gasteiger partial charge in [0.1, 0.15) is 5.75 Å². The molecular formula is C15H19NO5S. The zero-order valence-corrected chi connectivity index (χ0v) is 13.2. The maximum Gasteiger partial charge on any atom is 0.308 e. The molecule has 0 saturated carbocycles. The third-order valence-corrected chi connectivity index (χ3v) is 5.42. The summed E-state index contributed by atoms with van der Waals surface area (Å²) >= 11 is 0. The minimum absolute atomic E-state index is 0.146. The second-order valence-electron chi connectivity index (χ2n) is 5.25. The van der Waals surface area contributed by atoms with E-state index in [-0.39, 0.29) is 16.8 Å². The number of sulfone groups is 1. The predicted octanol–water partition coefficient (Wildman–Crippen LogP) is 0.872. The van der Waals surface area contributed by atoms with E-state index in [1.807, 2.05) is 0 Å².